The van der Waals surface area contributed by atoms with Gasteiger partial charge in [-0.15, -0.1) is 0 Å². The number of fused-ring (bicyclic) bond motifs is 5. The third-order valence-electron chi connectivity index (χ3n) is 11.3. The maximum atomic E-state index is 13.3. The lowest BCUT2D eigenvalue weighted by atomic mass is 9.46. The van der Waals surface area contributed by atoms with Gasteiger partial charge < -0.3 is 15.3 Å². The van der Waals surface area contributed by atoms with Crippen LogP contribution in [0.5, 0.6) is 0 Å². The maximum absolute atomic E-state index is 13.3. The first-order valence-corrected chi connectivity index (χ1v) is 13.7. The van der Waals surface area contributed by atoms with E-state index in [0.717, 1.165) is 37.2 Å². The highest BCUT2D eigenvalue weighted by Crippen LogP contribution is 2.68. The van der Waals surface area contributed by atoms with Crippen molar-refractivity contribution >= 4 is 5.78 Å². The van der Waals surface area contributed by atoms with Crippen molar-refractivity contribution in [3.8, 4) is 0 Å². The summed E-state index contributed by atoms with van der Waals surface area (Å²) in [6.07, 6.45) is 8.31. The highest BCUT2D eigenvalue weighted by atomic mass is 16.3. The number of hydrogen-bond acceptors (Lipinski definition) is 4. The molecule has 0 aliphatic heterocycles. The molecule has 3 N–H and O–H groups in total. The van der Waals surface area contributed by atoms with Gasteiger partial charge in [-0.25, -0.2) is 0 Å². The smallest absolute Gasteiger partial charge is 0.159 e. The molecule has 4 aliphatic carbocycles. The van der Waals surface area contributed by atoms with Gasteiger partial charge in [0.2, 0.25) is 0 Å². The number of aliphatic hydroxyl groups is 3. The van der Waals surface area contributed by atoms with E-state index < -0.39 is 17.8 Å². The molecule has 0 amide bonds. The molecule has 3 fully saturated rings. The van der Waals surface area contributed by atoms with Gasteiger partial charge >= 0.3 is 0 Å². The van der Waals surface area contributed by atoms with Crippen molar-refractivity contribution in [1.82, 2.24) is 0 Å². The SMILES string of the molecule is CC[C@H](CC[C@@H](C)[C@H]1CC[C@@]2(O)C3=CC(=O)[C@@H]4C[C@@H](O)[C@@H](O)C[C@]4(C)[C@H]3CC[C@]12C)C(C)C. The van der Waals surface area contributed by atoms with Gasteiger partial charge in [-0.3, -0.25) is 4.79 Å². The molecule has 0 spiro atoms. The van der Waals surface area contributed by atoms with Gasteiger partial charge in [-0.2, -0.15) is 0 Å². The summed E-state index contributed by atoms with van der Waals surface area (Å²) in [6, 6.07) is 0. The van der Waals surface area contributed by atoms with Crippen LogP contribution in [0.25, 0.3) is 0 Å². The van der Waals surface area contributed by atoms with E-state index in [4.69, 9.17) is 0 Å². The first-order valence-electron chi connectivity index (χ1n) is 13.7. The summed E-state index contributed by atoms with van der Waals surface area (Å²) >= 11 is 0. The van der Waals surface area contributed by atoms with E-state index in [1.807, 2.05) is 0 Å². The monoisotopic (exact) mass is 460 g/mol. The van der Waals surface area contributed by atoms with Crippen molar-refractivity contribution in [2.75, 3.05) is 0 Å². The second-order valence-corrected chi connectivity index (χ2v) is 13.1. The van der Waals surface area contributed by atoms with Gasteiger partial charge in [0.05, 0.1) is 17.8 Å². The Bertz CT molecular complexity index is 788. The Labute approximate surface area is 201 Å². The molecule has 0 aromatic rings. The number of carbonyl (C=O) groups excluding carboxylic acids is 1. The van der Waals surface area contributed by atoms with Gasteiger partial charge in [0.25, 0.3) is 0 Å². The molecular formula is C29H48O4. The molecule has 4 rings (SSSR count). The summed E-state index contributed by atoms with van der Waals surface area (Å²) in [5.74, 6) is 2.41. The predicted octanol–water partition coefficient (Wildman–Crippen LogP) is 5.29. The lowest BCUT2D eigenvalue weighted by Crippen LogP contribution is -2.60. The number of rotatable bonds is 6. The Morgan fingerprint density at radius 2 is 1.73 bits per heavy atom. The number of ketones is 1. The zero-order chi connectivity index (χ0) is 24.3. The molecule has 3 saturated carbocycles. The number of allylic oxidation sites excluding steroid dienone is 1. The Balaban J connectivity index is 1.60. The second kappa shape index (κ2) is 8.75. The van der Waals surface area contributed by atoms with E-state index >= 15 is 0 Å². The Hall–Kier alpha value is -0.710. The summed E-state index contributed by atoms with van der Waals surface area (Å²) in [6.45, 7) is 13.8. The Morgan fingerprint density at radius 1 is 1.03 bits per heavy atom. The van der Waals surface area contributed by atoms with Crippen LogP contribution in [-0.2, 0) is 4.79 Å². The predicted molar refractivity (Wildman–Crippen MR) is 131 cm³/mol. The number of aliphatic hydroxyl groups excluding tert-OH is 2. The van der Waals surface area contributed by atoms with Crippen LogP contribution < -0.4 is 0 Å². The third-order valence-corrected chi connectivity index (χ3v) is 11.3. The molecule has 4 aliphatic rings. The number of carbonyl (C=O) groups is 1. The van der Waals surface area contributed by atoms with Crippen molar-refractivity contribution < 1.29 is 20.1 Å². The summed E-state index contributed by atoms with van der Waals surface area (Å²) in [7, 11) is 0. The van der Waals surface area contributed by atoms with Crippen LogP contribution in [0.1, 0.15) is 99.3 Å². The fourth-order valence-corrected chi connectivity index (χ4v) is 9.01. The van der Waals surface area contributed by atoms with Crippen LogP contribution in [0.2, 0.25) is 0 Å². The fourth-order valence-electron chi connectivity index (χ4n) is 9.01. The topological polar surface area (TPSA) is 77.8 Å². The standard InChI is InChI=1S/C29H48O4/c1-7-19(17(2)3)9-8-18(4)20-11-13-29(33)22-14-24(30)23-15-25(31)26(32)16-27(23,5)21(22)10-12-28(20,29)6/h14,17-21,23,25-26,31-33H,7-13,15-16H2,1-6H3/t18-,19-,20-,21+,23+,25-,26+,27-,28-,29-/m1/s1. The van der Waals surface area contributed by atoms with E-state index in [1.54, 1.807) is 6.08 Å². The van der Waals surface area contributed by atoms with Crippen LogP contribution in [0.15, 0.2) is 11.6 Å². The van der Waals surface area contributed by atoms with Gasteiger partial charge in [-0.1, -0.05) is 54.4 Å². The zero-order valence-electron chi connectivity index (χ0n) is 21.8. The Kier molecular flexibility index (Phi) is 6.73. The van der Waals surface area contributed by atoms with Gasteiger partial charge in [0.15, 0.2) is 5.78 Å². The minimum Gasteiger partial charge on any atom is -0.390 e. The quantitative estimate of drug-likeness (QED) is 0.503. The molecule has 0 aromatic carbocycles. The molecule has 188 valence electrons. The maximum Gasteiger partial charge on any atom is 0.159 e. The largest absolute Gasteiger partial charge is 0.390 e. The van der Waals surface area contributed by atoms with E-state index in [0.29, 0.717) is 30.6 Å². The zero-order valence-corrected chi connectivity index (χ0v) is 21.8. The molecular weight excluding hydrogens is 412 g/mol. The lowest BCUT2D eigenvalue weighted by molar-refractivity contribution is -0.153. The summed E-state index contributed by atoms with van der Waals surface area (Å²) in [4.78, 5) is 13.3. The molecule has 10 atom stereocenters. The first-order chi connectivity index (χ1) is 15.4. The molecule has 0 aromatic heterocycles. The normalized spacial score (nSPS) is 46.9. The van der Waals surface area contributed by atoms with Crippen molar-refractivity contribution in [3.05, 3.63) is 11.6 Å². The molecule has 0 radical (unpaired) electrons. The summed E-state index contributed by atoms with van der Waals surface area (Å²) in [5, 5.41) is 33.1. The van der Waals surface area contributed by atoms with Crippen LogP contribution in [-0.4, -0.2) is 38.9 Å². The molecule has 0 saturated heterocycles. The van der Waals surface area contributed by atoms with Crippen LogP contribution in [0, 0.1) is 46.3 Å². The average molecular weight is 461 g/mol. The lowest BCUT2D eigenvalue weighted by Gasteiger charge is -2.60. The van der Waals surface area contributed by atoms with Gasteiger partial charge in [-0.05, 0) is 91.6 Å². The van der Waals surface area contributed by atoms with Crippen molar-refractivity contribution in [3.63, 3.8) is 0 Å². The highest BCUT2D eigenvalue weighted by molar-refractivity contribution is 5.95. The Morgan fingerprint density at radius 3 is 2.36 bits per heavy atom. The van der Waals surface area contributed by atoms with Gasteiger partial charge in [0.1, 0.15) is 0 Å². The summed E-state index contributed by atoms with van der Waals surface area (Å²) < 4.78 is 0. The molecule has 0 heterocycles. The van der Waals surface area contributed by atoms with Crippen molar-refractivity contribution in [2.24, 2.45) is 46.3 Å². The van der Waals surface area contributed by atoms with Crippen LogP contribution in [0.4, 0.5) is 0 Å². The molecule has 4 nitrogen and oxygen atoms in total. The molecule has 0 bridgehead atoms. The second-order valence-electron chi connectivity index (χ2n) is 13.1. The molecule has 4 heteroatoms. The van der Waals surface area contributed by atoms with E-state index in [-0.39, 0.29) is 28.4 Å². The molecule has 0 unspecified atom stereocenters. The van der Waals surface area contributed by atoms with Crippen molar-refractivity contribution in [2.45, 2.75) is 117 Å². The van der Waals surface area contributed by atoms with E-state index in [2.05, 4.69) is 41.5 Å². The summed E-state index contributed by atoms with van der Waals surface area (Å²) in [5.41, 5.74) is -0.565. The van der Waals surface area contributed by atoms with Crippen LogP contribution >= 0.6 is 0 Å². The number of hydrogen-bond donors (Lipinski definition) is 3. The van der Waals surface area contributed by atoms with Gasteiger partial charge in [0, 0.05) is 11.3 Å². The fraction of sp³-hybridized carbons (Fsp3) is 0.897. The molecule has 33 heavy (non-hydrogen) atoms. The van der Waals surface area contributed by atoms with E-state index in [9.17, 15) is 20.1 Å². The van der Waals surface area contributed by atoms with Crippen molar-refractivity contribution in [1.29, 1.82) is 0 Å². The average Bonchev–Trinajstić information content (AvgIpc) is 3.02. The minimum absolute atomic E-state index is 0.0478. The van der Waals surface area contributed by atoms with E-state index in [1.165, 1.54) is 19.3 Å². The first kappa shape index (κ1) is 25.4. The highest BCUT2D eigenvalue weighted by Gasteiger charge is 2.66. The minimum atomic E-state index is -0.929. The third kappa shape index (κ3) is 3.78. The van der Waals surface area contributed by atoms with Crippen LogP contribution in [0.3, 0.4) is 0 Å².